The highest BCUT2D eigenvalue weighted by Crippen LogP contribution is 2.49. The second-order valence-electron chi connectivity index (χ2n) is 5.22. The minimum Gasteiger partial charge on any atom is -0.399 e. The Morgan fingerprint density at radius 3 is 2.42 bits per heavy atom. The van der Waals surface area contributed by atoms with E-state index in [1.54, 1.807) is 4.90 Å². The van der Waals surface area contributed by atoms with E-state index in [0.29, 0.717) is 18.8 Å². The first-order valence-electron chi connectivity index (χ1n) is 6.90. The van der Waals surface area contributed by atoms with Crippen molar-refractivity contribution < 1.29 is 9.90 Å². The molecule has 0 aliphatic heterocycles. The Kier molecular flexibility index (Phi) is 4.10. The predicted molar refractivity (Wildman–Crippen MR) is 75.7 cm³/mol. The Morgan fingerprint density at radius 1 is 1.32 bits per heavy atom. The number of carbonyl (C=O) groups is 1. The fraction of sp³-hybridized carbons (Fsp3) is 0.533. The Labute approximate surface area is 114 Å². The molecule has 1 aliphatic rings. The van der Waals surface area contributed by atoms with E-state index < -0.39 is 0 Å². The SMILES string of the molecule is CCCN(CCO)C(=O)C1(c2ccc(N)cc2)CC1. The minimum atomic E-state index is -0.363. The number of nitrogens with two attached hydrogens (primary N) is 1. The highest BCUT2D eigenvalue weighted by Gasteiger charge is 2.52. The highest BCUT2D eigenvalue weighted by atomic mass is 16.3. The van der Waals surface area contributed by atoms with E-state index in [9.17, 15) is 4.79 Å². The van der Waals surface area contributed by atoms with Crippen LogP contribution in [0.1, 0.15) is 31.7 Å². The lowest BCUT2D eigenvalue weighted by molar-refractivity contribution is -0.134. The number of carbonyl (C=O) groups excluding carboxylic acids is 1. The Morgan fingerprint density at radius 2 is 1.95 bits per heavy atom. The number of aliphatic hydroxyl groups is 1. The van der Waals surface area contributed by atoms with E-state index >= 15 is 0 Å². The van der Waals surface area contributed by atoms with Crippen LogP contribution in [0.5, 0.6) is 0 Å². The summed E-state index contributed by atoms with van der Waals surface area (Å²) in [6.07, 6.45) is 2.69. The van der Waals surface area contributed by atoms with Crippen molar-refractivity contribution in [3.8, 4) is 0 Å². The van der Waals surface area contributed by atoms with E-state index in [0.717, 1.165) is 24.8 Å². The molecule has 1 amide bonds. The molecule has 1 saturated carbocycles. The van der Waals surface area contributed by atoms with Gasteiger partial charge in [-0.3, -0.25) is 4.79 Å². The van der Waals surface area contributed by atoms with Crippen LogP contribution in [-0.4, -0.2) is 35.6 Å². The zero-order valence-electron chi connectivity index (χ0n) is 11.4. The average molecular weight is 262 g/mol. The van der Waals surface area contributed by atoms with E-state index in [4.69, 9.17) is 10.8 Å². The van der Waals surface area contributed by atoms with Crippen LogP contribution in [-0.2, 0) is 10.2 Å². The molecular formula is C15H22N2O2. The molecule has 0 unspecified atom stereocenters. The van der Waals surface area contributed by atoms with Crippen molar-refractivity contribution in [2.45, 2.75) is 31.6 Å². The molecule has 0 heterocycles. The number of aliphatic hydroxyl groups excluding tert-OH is 1. The Hall–Kier alpha value is -1.55. The molecule has 0 atom stereocenters. The molecule has 0 spiro atoms. The van der Waals surface area contributed by atoms with Gasteiger partial charge in [0.1, 0.15) is 0 Å². The zero-order chi connectivity index (χ0) is 13.9. The summed E-state index contributed by atoms with van der Waals surface area (Å²) in [5.74, 6) is 0.146. The molecule has 3 N–H and O–H groups in total. The van der Waals surface area contributed by atoms with E-state index in [2.05, 4.69) is 0 Å². The van der Waals surface area contributed by atoms with E-state index in [1.165, 1.54) is 0 Å². The highest BCUT2D eigenvalue weighted by molar-refractivity contribution is 5.91. The smallest absolute Gasteiger partial charge is 0.233 e. The summed E-state index contributed by atoms with van der Waals surface area (Å²) in [7, 11) is 0. The van der Waals surface area contributed by atoms with Crippen molar-refractivity contribution in [2.24, 2.45) is 0 Å². The molecule has 1 aromatic carbocycles. The fourth-order valence-corrected chi connectivity index (χ4v) is 2.56. The summed E-state index contributed by atoms with van der Waals surface area (Å²) < 4.78 is 0. The van der Waals surface area contributed by atoms with Gasteiger partial charge in [-0.05, 0) is 37.0 Å². The number of benzene rings is 1. The number of nitrogens with zero attached hydrogens (tertiary/aromatic N) is 1. The molecule has 0 aromatic heterocycles. The Bertz CT molecular complexity index is 432. The summed E-state index contributed by atoms with van der Waals surface area (Å²) in [5, 5.41) is 9.09. The van der Waals surface area contributed by atoms with Crippen LogP contribution in [0.3, 0.4) is 0 Å². The monoisotopic (exact) mass is 262 g/mol. The molecule has 1 aliphatic carbocycles. The standard InChI is InChI=1S/C15H22N2O2/c1-2-9-17(10-11-18)14(19)15(7-8-15)12-3-5-13(16)6-4-12/h3-6,18H,2,7-11,16H2,1H3. The van der Waals surface area contributed by atoms with Crippen LogP contribution in [0.15, 0.2) is 24.3 Å². The second kappa shape index (κ2) is 5.61. The molecule has 0 bridgehead atoms. The zero-order valence-corrected chi connectivity index (χ0v) is 11.4. The van der Waals surface area contributed by atoms with Gasteiger partial charge in [-0.2, -0.15) is 0 Å². The lowest BCUT2D eigenvalue weighted by Crippen LogP contribution is -2.41. The van der Waals surface area contributed by atoms with Crippen molar-refractivity contribution in [1.29, 1.82) is 0 Å². The van der Waals surface area contributed by atoms with Crippen molar-refractivity contribution >= 4 is 11.6 Å². The predicted octanol–water partition coefficient (Wildman–Crippen LogP) is 1.53. The molecule has 19 heavy (non-hydrogen) atoms. The fourth-order valence-electron chi connectivity index (χ4n) is 2.56. The lowest BCUT2D eigenvalue weighted by atomic mass is 9.94. The third-order valence-corrected chi connectivity index (χ3v) is 3.77. The minimum absolute atomic E-state index is 0.0174. The van der Waals surface area contributed by atoms with Crippen LogP contribution < -0.4 is 5.73 Å². The van der Waals surface area contributed by atoms with Gasteiger partial charge in [0, 0.05) is 18.8 Å². The normalized spacial score (nSPS) is 16.1. The van der Waals surface area contributed by atoms with Crippen LogP contribution in [0, 0.1) is 0 Å². The summed E-state index contributed by atoms with van der Waals surface area (Å²) in [6.45, 7) is 3.18. The molecule has 0 saturated heterocycles. The lowest BCUT2D eigenvalue weighted by Gasteiger charge is -2.26. The van der Waals surface area contributed by atoms with E-state index in [-0.39, 0.29) is 17.9 Å². The summed E-state index contributed by atoms with van der Waals surface area (Å²) in [6, 6.07) is 7.59. The first-order valence-corrected chi connectivity index (χ1v) is 6.90. The molecule has 4 heteroatoms. The number of hydrogen-bond donors (Lipinski definition) is 2. The van der Waals surface area contributed by atoms with Crippen molar-refractivity contribution in [1.82, 2.24) is 4.90 Å². The van der Waals surface area contributed by atoms with Crippen LogP contribution in [0.25, 0.3) is 0 Å². The topological polar surface area (TPSA) is 66.6 Å². The van der Waals surface area contributed by atoms with Crippen molar-refractivity contribution in [2.75, 3.05) is 25.4 Å². The van der Waals surface area contributed by atoms with Crippen LogP contribution in [0.2, 0.25) is 0 Å². The van der Waals surface area contributed by atoms with Crippen LogP contribution in [0.4, 0.5) is 5.69 Å². The van der Waals surface area contributed by atoms with Crippen molar-refractivity contribution in [3.63, 3.8) is 0 Å². The molecular weight excluding hydrogens is 240 g/mol. The maximum Gasteiger partial charge on any atom is 0.233 e. The average Bonchev–Trinajstić information content (AvgIpc) is 3.20. The second-order valence-corrected chi connectivity index (χ2v) is 5.22. The van der Waals surface area contributed by atoms with Crippen molar-refractivity contribution in [3.05, 3.63) is 29.8 Å². The van der Waals surface area contributed by atoms with Gasteiger partial charge >= 0.3 is 0 Å². The molecule has 104 valence electrons. The molecule has 1 aromatic rings. The number of anilines is 1. The number of nitrogen functional groups attached to an aromatic ring is 1. The summed E-state index contributed by atoms with van der Waals surface area (Å²) in [5.41, 5.74) is 7.09. The van der Waals surface area contributed by atoms with Gasteiger partial charge in [-0.1, -0.05) is 19.1 Å². The third-order valence-electron chi connectivity index (χ3n) is 3.77. The largest absolute Gasteiger partial charge is 0.399 e. The number of amides is 1. The summed E-state index contributed by atoms with van der Waals surface area (Å²) in [4.78, 5) is 14.5. The molecule has 1 fully saturated rings. The van der Waals surface area contributed by atoms with Crippen LogP contribution >= 0.6 is 0 Å². The third kappa shape index (κ3) is 2.73. The van der Waals surface area contributed by atoms with Gasteiger partial charge in [0.2, 0.25) is 5.91 Å². The van der Waals surface area contributed by atoms with Gasteiger partial charge in [0.15, 0.2) is 0 Å². The van der Waals surface area contributed by atoms with Gasteiger partial charge < -0.3 is 15.7 Å². The van der Waals surface area contributed by atoms with Gasteiger partial charge in [0.25, 0.3) is 0 Å². The number of hydrogen-bond acceptors (Lipinski definition) is 3. The first kappa shape index (κ1) is 13.9. The van der Waals surface area contributed by atoms with Gasteiger partial charge in [0.05, 0.1) is 12.0 Å². The Balaban J connectivity index is 2.19. The van der Waals surface area contributed by atoms with E-state index in [1.807, 2.05) is 31.2 Å². The molecule has 0 radical (unpaired) electrons. The van der Waals surface area contributed by atoms with Gasteiger partial charge in [-0.15, -0.1) is 0 Å². The first-order chi connectivity index (χ1) is 9.14. The maximum absolute atomic E-state index is 12.7. The maximum atomic E-state index is 12.7. The molecule has 2 rings (SSSR count). The molecule has 4 nitrogen and oxygen atoms in total. The quantitative estimate of drug-likeness (QED) is 0.764. The number of rotatable bonds is 6. The van der Waals surface area contributed by atoms with Gasteiger partial charge in [-0.25, -0.2) is 0 Å². The summed E-state index contributed by atoms with van der Waals surface area (Å²) >= 11 is 0.